The third kappa shape index (κ3) is 1.85. The molecule has 1 aromatic heterocycles. The van der Waals surface area contributed by atoms with Gasteiger partial charge >= 0.3 is 0 Å². The maximum atomic E-state index is 9.45. The Labute approximate surface area is 77.7 Å². The minimum Gasteiger partial charge on any atom is -0.423 e. The molecule has 1 aromatic rings. The fraction of sp³-hybridized carbons (Fsp3) is 0.625. The van der Waals surface area contributed by atoms with Gasteiger partial charge in [-0.15, -0.1) is 4.73 Å². The summed E-state index contributed by atoms with van der Waals surface area (Å²) in [4.78, 5) is 5.99. The maximum Gasteiger partial charge on any atom is 0.241 e. The topological polar surface area (TPSA) is 67.3 Å². The van der Waals surface area contributed by atoms with Crippen LogP contribution in [0.5, 0.6) is 0 Å². The highest BCUT2D eigenvalue weighted by Gasteiger charge is 2.11. The summed E-state index contributed by atoms with van der Waals surface area (Å²) in [6.07, 6.45) is 2.47. The summed E-state index contributed by atoms with van der Waals surface area (Å²) in [5, 5.41) is 9.45. The second kappa shape index (κ2) is 4.02. The summed E-state index contributed by atoms with van der Waals surface area (Å²) in [7, 11) is 0. The Morgan fingerprint density at radius 2 is 2.31 bits per heavy atom. The molecule has 13 heavy (non-hydrogen) atoms. The quantitative estimate of drug-likeness (QED) is 0.683. The van der Waals surface area contributed by atoms with E-state index < -0.39 is 0 Å². The third-order valence-corrected chi connectivity index (χ3v) is 1.90. The van der Waals surface area contributed by atoms with Crippen LogP contribution in [-0.2, 0) is 0 Å². The number of rotatable bonds is 4. The minimum absolute atomic E-state index is 0.268. The molecule has 5 heteroatoms. The number of nitrogens with zero attached hydrogens (tertiary/aromatic N) is 3. The Balaban J connectivity index is 2.84. The van der Waals surface area contributed by atoms with Crippen molar-refractivity contribution in [3.8, 4) is 0 Å². The van der Waals surface area contributed by atoms with E-state index in [1.807, 2.05) is 11.8 Å². The Kier molecular flexibility index (Phi) is 3.00. The number of hydrogen-bond donors (Lipinski definition) is 2. The molecule has 3 N–H and O–H groups in total. The van der Waals surface area contributed by atoms with Crippen molar-refractivity contribution in [1.29, 1.82) is 0 Å². The van der Waals surface area contributed by atoms with Crippen LogP contribution in [0.25, 0.3) is 0 Å². The maximum absolute atomic E-state index is 9.45. The van der Waals surface area contributed by atoms with Gasteiger partial charge in [-0.1, -0.05) is 6.92 Å². The molecule has 0 saturated heterocycles. The van der Waals surface area contributed by atoms with Crippen molar-refractivity contribution >= 4 is 11.8 Å². The molecular weight excluding hydrogens is 168 g/mol. The zero-order valence-corrected chi connectivity index (χ0v) is 8.06. The molecular formula is C8H16N4O. The normalized spacial score (nSPS) is 10.3. The number of anilines is 2. The van der Waals surface area contributed by atoms with Gasteiger partial charge in [0.15, 0.2) is 5.82 Å². The minimum atomic E-state index is 0.268. The van der Waals surface area contributed by atoms with Crippen LogP contribution in [0.1, 0.15) is 20.3 Å². The predicted molar refractivity (Wildman–Crippen MR) is 52.0 cm³/mol. The first-order valence-electron chi connectivity index (χ1n) is 4.48. The first-order valence-corrected chi connectivity index (χ1v) is 4.48. The molecule has 0 aromatic carbocycles. The van der Waals surface area contributed by atoms with Gasteiger partial charge in [0.05, 0.1) is 6.20 Å². The van der Waals surface area contributed by atoms with E-state index in [0.29, 0.717) is 5.95 Å². The zero-order chi connectivity index (χ0) is 9.84. The zero-order valence-electron chi connectivity index (χ0n) is 8.06. The first kappa shape index (κ1) is 9.70. The lowest BCUT2D eigenvalue weighted by Gasteiger charge is -2.19. The first-order chi connectivity index (χ1) is 6.20. The van der Waals surface area contributed by atoms with E-state index >= 15 is 0 Å². The van der Waals surface area contributed by atoms with Crippen molar-refractivity contribution in [1.82, 2.24) is 9.71 Å². The van der Waals surface area contributed by atoms with Gasteiger partial charge in [0, 0.05) is 13.1 Å². The molecule has 0 aliphatic carbocycles. The molecule has 0 unspecified atom stereocenters. The van der Waals surface area contributed by atoms with E-state index in [2.05, 4.69) is 11.9 Å². The molecule has 0 radical (unpaired) electrons. The number of hydrogen-bond acceptors (Lipinski definition) is 4. The van der Waals surface area contributed by atoms with Crippen molar-refractivity contribution in [2.45, 2.75) is 20.3 Å². The number of nitrogen functional groups attached to an aromatic ring is 1. The second-order valence-corrected chi connectivity index (χ2v) is 2.87. The van der Waals surface area contributed by atoms with Crippen LogP contribution in [0.4, 0.5) is 11.8 Å². The molecule has 1 rings (SSSR count). The fourth-order valence-corrected chi connectivity index (χ4v) is 1.23. The smallest absolute Gasteiger partial charge is 0.241 e. The SMILES string of the molecule is CCCN(CC)c1ncc(N)n1O. The van der Waals surface area contributed by atoms with Crippen LogP contribution in [0, 0.1) is 0 Å². The molecule has 74 valence electrons. The lowest BCUT2D eigenvalue weighted by molar-refractivity contribution is 0.194. The van der Waals surface area contributed by atoms with Gasteiger partial charge in [0.25, 0.3) is 0 Å². The molecule has 5 nitrogen and oxygen atoms in total. The monoisotopic (exact) mass is 184 g/mol. The largest absolute Gasteiger partial charge is 0.423 e. The van der Waals surface area contributed by atoms with Gasteiger partial charge in [-0.05, 0) is 13.3 Å². The predicted octanol–water partition coefficient (Wildman–Crippen LogP) is 0.939. The summed E-state index contributed by atoms with van der Waals surface area (Å²) < 4.78 is 0.916. The van der Waals surface area contributed by atoms with E-state index in [4.69, 9.17) is 5.73 Å². The van der Waals surface area contributed by atoms with Gasteiger partial charge in [-0.25, -0.2) is 4.98 Å². The lowest BCUT2D eigenvalue weighted by Crippen LogP contribution is -2.26. The Bertz CT molecular complexity index is 271. The highest BCUT2D eigenvalue weighted by atomic mass is 16.5. The molecule has 0 bridgehead atoms. The number of nitrogens with two attached hydrogens (primary N) is 1. The summed E-state index contributed by atoms with van der Waals surface area (Å²) in [6.45, 7) is 5.77. The van der Waals surface area contributed by atoms with Crippen LogP contribution in [0.15, 0.2) is 6.20 Å². The molecule has 0 aliphatic heterocycles. The standard InChI is InChI=1S/C8H16N4O/c1-3-5-11(4-2)8-10-6-7(9)12(8)13/h6,13H,3-5,9H2,1-2H3. The van der Waals surface area contributed by atoms with Crippen molar-refractivity contribution in [2.75, 3.05) is 23.7 Å². The van der Waals surface area contributed by atoms with E-state index in [1.54, 1.807) is 0 Å². The van der Waals surface area contributed by atoms with Crippen LogP contribution in [0.2, 0.25) is 0 Å². The average molecular weight is 184 g/mol. The third-order valence-electron chi connectivity index (χ3n) is 1.90. The van der Waals surface area contributed by atoms with Crippen LogP contribution >= 0.6 is 0 Å². The van der Waals surface area contributed by atoms with E-state index in [9.17, 15) is 5.21 Å². The van der Waals surface area contributed by atoms with Gasteiger partial charge < -0.3 is 15.8 Å². The van der Waals surface area contributed by atoms with Crippen molar-refractivity contribution in [3.05, 3.63) is 6.20 Å². The van der Waals surface area contributed by atoms with Gasteiger partial charge in [0.1, 0.15) is 0 Å². The lowest BCUT2D eigenvalue weighted by atomic mass is 10.4. The summed E-state index contributed by atoms with van der Waals surface area (Å²) in [5.41, 5.74) is 5.45. The van der Waals surface area contributed by atoms with Crippen molar-refractivity contribution in [3.63, 3.8) is 0 Å². The summed E-state index contributed by atoms with van der Waals surface area (Å²) in [6, 6.07) is 0. The van der Waals surface area contributed by atoms with Crippen LogP contribution in [-0.4, -0.2) is 28.0 Å². The Morgan fingerprint density at radius 1 is 1.62 bits per heavy atom. The molecule has 1 heterocycles. The van der Waals surface area contributed by atoms with Gasteiger partial charge in [-0.3, -0.25) is 0 Å². The molecule has 0 aliphatic rings. The van der Waals surface area contributed by atoms with E-state index in [1.165, 1.54) is 6.20 Å². The fourth-order valence-electron chi connectivity index (χ4n) is 1.23. The van der Waals surface area contributed by atoms with Crippen molar-refractivity contribution in [2.24, 2.45) is 0 Å². The van der Waals surface area contributed by atoms with E-state index in [0.717, 1.165) is 24.2 Å². The van der Waals surface area contributed by atoms with Gasteiger partial charge in [-0.2, -0.15) is 0 Å². The Morgan fingerprint density at radius 3 is 2.69 bits per heavy atom. The van der Waals surface area contributed by atoms with Gasteiger partial charge in [0.2, 0.25) is 5.95 Å². The highest BCUT2D eigenvalue weighted by molar-refractivity contribution is 5.40. The number of imidazole rings is 1. The molecule has 0 spiro atoms. The summed E-state index contributed by atoms with van der Waals surface area (Å²) >= 11 is 0. The molecule has 0 saturated carbocycles. The van der Waals surface area contributed by atoms with Crippen LogP contribution < -0.4 is 10.6 Å². The average Bonchev–Trinajstić information content (AvgIpc) is 2.45. The van der Waals surface area contributed by atoms with Crippen LogP contribution in [0.3, 0.4) is 0 Å². The Hall–Kier alpha value is -1.39. The van der Waals surface area contributed by atoms with E-state index in [-0.39, 0.29) is 5.82 Å². The highest BCUT2D eigenvalue weighted by Crippen LogP contribution is 2.14. The molecule has 0 fully saturated rings. The molecule has 0 atom stereocenters. The summed E-state index contributed by atoms with van der Waals surface area (Å²) in [5.74, 6) is 0.784. The number of aromatic nitrogens is 2. The second-order valence-electron chi connectivity index (χ2n) is 2.87. The van der Waals surface area contributed by atoms with Crippen molar-refractivity contribution < 1.29 is 5.21 Å². The molecule has 0 amide bonds.